The highest BCUT2D eigenvalue weighted by Gasteiger charge is 2.50. The molecule has 0 unspecified atom stereocenters. The van der Waals surface area contributed by atoms with E-state index in [1.54, 1.807) is 32.6 Å². The third kappa shape index (κ3) is 14.9. The molecular weight excluding hydrogens is 952 g/mol. The lowest BCUT2D eigenvalue weighted by Gasteiger charge is -2.46. The summed E-state index contributed by atoms with van der Waals surface area (Å²) in [6, 6.07) is 21.7. The van der Waals surface area contributed by atoms with Gasteiger partial charge in [0.25, 0.3) is 0 Å². The number of carbonyl (C=O) groups is 2. The number of hydrogen-bond acceptors (Lipinski definition) is 11. The molecule has 0 radical (unpaired) electrons. The number of aromatic nitrogens is 2. The highest BCUT2D eigenvalue weighted by Crippen LogP contribution is 2.56. The fourth-order valence-electron chi connectivity index (χ4n) is 12.5. The van der Waals surface area contributed by atoms with E-state index < -0.39 is 73.0 Å². The number of nitrogens with zero attached hydrogens (tertiary/aromatic N) is 4. The molecule has 14 heteroatoms. The topological polar surface area (TPSA) is 167 Å². The molecule has 0 spiro atoms. The van der Waals surface area contributed by atoms with Crippen LogP contribution in [0, 0.1) is 17.8 Å². The Morgan fingerprint density at radius 1 is 0.838 bits per heavy atom. The van der Waals surface area contributed by atoms with E-state index in [0.717, 1.165) is 38.3 Å². The van der Waals surface area contributed by atoms with E-state index in [1.807, 2.05) is 39.8 Å². The minimum atomic E-state index is -1.91. The van der Waals surface area contributed by atoms with E-state index >= 15 is 0 Å². The number of rotatable bonds is 20. The van der Waals surface area contributed by atoms with Crippen LogP contribution in [0.5, 0.6) is 0 Å². The molecule has 3 heterocycles. The molecule has 2 aliphatic heterocycles. The number of aliphatic hydroxyl groups is 4. The zero-order valence-electron chi connectivity index (χ0n) is 46.9. The summed E-state index contributed by atoms with van der Waals surface area (Å²) in [5, 5.41) is 57.0. The molecule has 3 fully saturated rings. The highest BCUT2D eigenvalue weighted by atomic mass is 31.2. The van der Waals surface area contributed by atoms with Crippen molar-refractivity contribution < 1.29 is 44.2 Å². The standard InChI is InChI=1S/C60H96N4O9P/c1-11-52-60(8,70)55(67)46(6)63(40-42(2)38-59(7,69)56(43(3)36-44(4)57(68)72-52)73-58-54(66)51(62(9)10)37-45(5)71-58)53(65)34-25-17-15-13-12-14-16-18-26-35-74(48-30-21-19-22-31-48,49-32-23-20-24-33-49)50-39-61-64(41-50)47-28-27-29-47/h19-24,30-33,39,41-47,51-52,54-56,58,66-67,69-70H,11-18,25-29,34-38,40H2,1-10H3/q+1/t42-,43+,44-,45-,46-,51+,52-,54-,55-,56-,58+,59-,60-/m1/s1. The van der Waals surface area contributed by atoms with Crippen LogP contribution in [0.3, 0.4) is 0 Å². The molecule has 1 aromatic heterocycles. The second-order valence-corrected chi connectivity index (χ2v) is 27.2. The average Bonchev–Trinajstić information content (AvgIpc) is 3.83. The number of amides is 1. The third-order valence-electron chi connectivity index (χ3n) is 17.0. The zero-order valence-corrected chi connectivity index (χ0v) is 47.8. The van der Waals surface area contributed by atoms with Gasteiger partial charge < -0.3 is 44.4 Å². The van der Waals surface area contributed by atoms with Crippen molar-refractivity contribution in [2.24, 2.45) is 17.8 Å². The first kappa shape index (κ1) is 60.0. The summed E-state index contributed by atoms with van der Waals surface area (Å²) >= 11 is 0. The van der Waals surface area contributed by atoms with Gasteiger partial charge in [-0.05, 0) is 142 Å². The summed E-state index contributed by atoms with van der Waals surface area (Å²) in [7, 11) is 1.91. The molecule has 0 bridgehead atoms. The second-order valence-electron chi connectivity index (χ2n) is 23.6. The van der Waals surface area contributed by atoms with Crippen LogP contribution in [-0.2, 0) is 23.8 Å². The van der Waals surface area contributed by atoms with Gasteiger partial charge in [0.1, 0.15) is 47.1 Å². The lowest BCUT2D eigenvalue weighted by Crippen LogP contribution is -2.60. The summed E-state index contributed by atoms with van der Waals surface area (Å²) in [4.78, 5) is 31.7. The Balaban J connectivity index is 1.05. The Kier molecular flexibility index (Phi) is 22.2. The van der Waals surface area contributed by atoms with Crippen molar-refractivity contribution in [3.05, 3.63) is 73.1 Å². The van der Waals surface area contributed by atoms with Gasteiger partial charge in [0.2, 0.25) is 5.91 Å². The predicted molar refractivity (Wildman–Crippen MR) is 297 cm³/mol. The molecule has 6 rings (SSSR count). The number of benzene rings is 2. The summed E-state index contributed by atoms with van der Waals surface area (Å²) in [5.41, 5.74) is -3.35. The fraction of sp³-hybridized carbons (Fsp3) is 0.717. The monoisotopic (exact) mass is 1050 g/mol. The minimum Gasteiger partial charge on any atom is -0.459 e. The smallest absolute Gasteiger partial charge is 0.309 e. The second kappa shape index (κ2) is 27.4. The molecule has 13 atom stereocenters. The molecule has 3 aromatic rings. The number of ether oxygens (including phenoxy) is 3. The van der Waals surface area contributed by atoms with E-state index in [9.17, 15) is 30.0 Å². The van der Waals surface area contributed by atoms with Crippen molar-refractivity contribution in [2.75, 3.05) is 26.8 Å². The molecule has 4 N–H and O–H groups in total. The Labute approximate surface area is 445 Å². The summed E-state index contributed by atoms with van der Waals surface area (Å²) in [6.07, 6.45) is 15.0. The summed E-state index contributed by atoms with van der Waals surface area (Å²) < 4.78 is 21.1. The maximum atomic E-state index is 14.4. The first-order valence-electron chi connectivity index (χ1n) is 28.5. The Morgan fingerprint density at radius 2 is 1.42 bits per heavy atom. The van der Waals surface area contributed by atoms with Gasteiger partial charge in [0, 0.05) is 19.0 Å². The van der Waals surface area contributed by atoms with Crippen LogP contribution < -0.4 is 15.9 Å². The summed E-state index contributed by atoms with van der Waals surface area (Å²) in [6.45, 7) is 14.5. The number of hydrogen-bond donors (Lipinski definition) is 4. The van der Waals surface area contributed by atoms with Crippen LogP contribution in [0.25, 0.3) is 0 Å². The lowest BCUT2D eigenvalue weighted by molar-refractivity contribution is -0.295. The first-order chi connectivity index (χ1) is 35.2. The number of likely N-dealkylation sites (N-methyl/N-ethyl adjacent to an activating group) is 1. The van der Waals surface area contributed by atoms with Crippen molar-refractivity contribution in [1.82, 2.24) is 19.6 Å². The van der Waals surface area contributed by atoms with Crippen LogP contribution in [0.15, 0.2) is 73.1 Å². The molecule has 1 saturated carbocycles. The quantitative estimate of drug-likeness (QED) is 0.0486. The largest absolute Gasteiger partial charge is 0.459 e. The van der Waals surface area contributed by atoms with Gasteiger partial charge in [-0.25, -0.2) is 0 Å². The molecule has 1 aliphatic carbocycles. The fourth-order valence-corrected chi connectivity index (χ4v) is 16.8. The van der Waals surface area contributed by atoms with Crippen molar-refractivity contribution in [3.63, 3.8) is 0 Å². The van der Waals surface area contributed by atoms with Gasteiger partial charge >= 0.3 is 5.97 Å². The van der Waals surface area contributed by atoms with Crippen molar-refractivity contribution in [1.29, 1.82) is 0 Å². The molecule has 1 amide bonds. The highest BCUT2D eigenvalue weighted by molar-refractivity contribution is 7.95. The van der Waals surface area contributed by atoms with E-state index in [0.29, 0.717) is 18.9 Å². The molecule has 2 saturated heterocycles. The minimum absolute atomic E-state index is 0.134. The van der Waals surface area contributed by atoms with E-state index in [1.165, 1.54) is 61.4 Å². The van der Waals surface area contributed by atoms with Crippen molar-refractivity contribution in [3.8, 4) is 0 Å². The molecule has 414 valence electrons. The zero-order chi connectivity index (χ0) is 53.8. The lowest BCUT2D eigenvalue weighted by atomic mass is 9.79. The van der Waals surface area contributed by atoms with Gasteiger partial charge in [-0.3, -0.25) is 14.3 Å². The van der Waals surface area contributed by atoms with E-state index in [-0.39, 0.29) is 56.2 Å². The van der Waals surface area contributed by atoms with Crippen LogP contribution in [-0.4, -0.2) is 139 Å². The van der Waals surface area contributed by atoms with Gasteiger partial charge in [0.05, 0.1) is 54.4 Å². The third-order valence-corrected chi connectivity index (χ3v) is 21.4. The Bertz CT molecular complexity index is 2110. The summed E-state index contributed by atoms with van der Waals surface area (Å²) in [5.74, 6) is -1.99. The Hall–Kier alpha value is -3.26. The van der Waals surface area contributed by atoms with Crippen LogP contribution in [0.4, 0.5) is 0 Å². The van der Waals surface area contributed by atoms with Gasteiger partial charge in [-0.1, -0.05) is 103 Å². The number of unbranched alkanes of at least 4 members (excludes halogenated alkanes) is 8. The van der Waals surface area contributed by atoms with Crippen LogP contribution >= 0.6 is 7.26 Å². The normalized spacial score (nSPS) is 32.1. The number of cyclic esters (lactones) is 1. The van der Waals surface area contributed by atoms with Crippen LogP contribution in [0.1, 0.15) is 171 Å². The SMILES string of the molecule is CC[C@H]1OC(=O)[C@H](C)C[C@H](C)[C@@H](O[C@@H]2O[C@H](C)C[C@H](N(C)C)[C@H]2O)[C@](C)(O)C[C@@H](C)CN(C(=O)CCCCCCCCCCC[P+](c2ccccc2)(c2ccccc2)c2cnn(C3CCC3)c2)[C@H](C)[C@@H](O)[C@]1(C)O. The predicted octanol–water partition coefficient (Wildman–Crippen LogP) is 8.72. The maximum Gasteiger partial charge on any atom is 0.309 e. The first-order valence-corrected chi connectivity index (χ1v) is 30.5. The number of aliphatic hydroxyl groups excluding tert-OH is 2. The van der Waals surface area contributed by atoms with Crippen molar-refractivity contribution in [2.45, 2.75) is 231 Å². The molecule has 3 aliphatic rings. The number of carbonyl (C=O) groups excluding carboxylic acids is 2. The maximum absolute atomic E-state index is 14.4. The van der Waals surface area contributed by atoms with Gasteiger partial charge in [-0.2, -0.15) is 5.10 Å². The van der Waals surface area contributed by atoms with Crippen LogP contribution in [0.2, 0.25) is 0 Å². The molecule has 13 nitrogen and oxygen atoms in total. The molecular formula is C60H96N4O9P+. The average molecular weight is 1050 g/mol. The Morgan fingerprint density at radius 3 is 1.97 bits per heavy atom. The number of esters is 1. The molecule has 74 heavy (non-hydrogen) atoms. The van der Waals surface area contributed by atoms with Gasteiger partial charge in [-0.15, -0.1) is 0 Å². The van der Waals surface area contributed by atoms with E-state index in [2.05, 4.69) is 77.7 Å². The van der Waals surface area contributed by atoms with E-state index in [4.69, 9.17) is 19.3 Å². The van der Waals surface area contributed by atoms with Crippen molar-refractivity contribution >= 4 is 35.1 Å². The molecule has 2 aromatic carbocycles. The van der Waals surface area contributed by atoms with Gasteiger partial charge in [0.15, 0.2) is 6.29 Å².